The largest absolute Gasteiger partial charge is 0.376 e. The van der Waals surface area contributed by atoms with Crippen molar-refractivity contribution < 1.29 is 4.74 Å². The molecule has 2 aliphatic heterocycles. The molecule has 4 heteroatoms. The van der Waals surface area contributed by atoms with Gasteiger partial charge in [0.15, 0.2) is 5.17 Å². The molecule has 0 radical (unpaired) electrons. The maximum Gasteiger partial charge on any atom is 0.157 e. The van der Waals surface area contributed by atoms with Crippen LogP contribution in [0.5, 0.6) is 0 Å². The number of hydrogen-bond acceptors (Lipinski definition) is 4. The Kier molecular flexibility index (Phi) is 3.34. The Morgan fingerprint density at radius 3 is 3.07 bits per heavy atom. The van der Waals surface area contributed by atoms with Crippen molar-refractivity contribution >= 4 is 16.9 Å². The van der Waals surface area contributed by atoms with Gasteiger partial charge in [-0.05, 0) is 19.8 Å². The summed E-state index contributed by atoms with van der Waals surface area (Å²) in [5.41, 5.74) is 0. The number of aliphatic imine (C=N–C) groups is 1. The Balaban J connectivity index is 1.81. The average Bonchev–Trinajstić information content (AvgIpc) is 2.77. The molecule has 1 fully saturated rings. The Labute approximate surface area is 89.7 Å². The van der Waals surface area contributed by atoms with Crippen LogP contribution in [0.25, 0.3) is 0 Å². The molecule has 80 valence electrons. The number of thioether (sulfide) groups is 1. The quantitative estimate of drug-likeness (QED) is 0.758. The maximum absolute atomic E-state index is 5.50. The highest BCUT2D eigenvalue weighted by Crippen LogP contribution is 2.23. The molecule has 0 aromatic heterocycles. The molecule has 0 spiro atoms. The molecule has 0 aliphatic carbocycles. The van der Waals surface area contributed by atoms with Crippen molar-refractivity contribution in [2.24, 2.45) is 4.99 Å². The van der Waals surface area contributed by atoms with E-state index in [1.54, 1.807) is 0 Å². The van der Waals surface area contributed by atoms with Gasteiger partial charge < -0.3 is 10.1 Å². The fourth-order valence-corrected chi connectivity index (χ4v) is 2.79. The van der Waals surface area contributed by atoms with Crippen LogP contribution in [0.1, 0.15) is 26.7 Å². The van der Waals surface area contributed by atoms with Gasteiger partial charge in [-0.2, -0.15) is 0 Å². The summed E-state index contributed by atoms with van der Waals surface area (Å²) in [6.07, 6.45) is 2.65. The highest BCUT2D eigenvalue weighted by Gasteiger charge is 2.27. The van der Waals surface area contributed by atoms with Crippen LogP contribution in [0.4, 0.5) is 0 Å². The third-order valence-corrected chi connectivity index (χ3v) is 4.14. The van der Waals surface area contributed by atoms with Crippen LogP contribution in [0, 0.1) is 0 Å². The Bertz CT molecular complexity index is 232. The number of hydrogen-bond donors (Lipinski definition) is 1. The Morgan fingerprint density at radius 1 is 1.64 bits per heavy atom. The summed E-state index contributed by atoms with van der Waals surface area (Å²) in [6, 6.07) is 0.469. The van der Waals surface area contributed by atoms with E-state index in [9.17, 15) is 0 Å². The topological polar surface area (TPSA) is 33.6 Å². The smallest absolute Gasteiger partial charge is 0.157 e. The summed E-state index contributed by atoms with van der Waals surface area (Å²) in [5, 5.41) is 5.29. The lowest BCUT2D eigenvalue weighted by atomic mass is 10.2. The fourth-order valence-electron chi connectivity index (χ4n) is 1.79. The van der Waals surface area contributed by atoms with Crippen LogP contribution in [-0.4, -0.2) is 35.7 Å². The van der Waals surface area contributed by atoms with Crippen LogP contribution in [-0.2, 0) is 4.74 Å². The van der Waals surface area contributed by atoms with E-state index >= 15 is 0 Å². The lowest BCUT2D eigenvalue weighted by Gasteiger charge is -2.16. The number of nitrogens with one attached hydrogen (secondary N) is 1. The summed E-state index contributed by atoms with van der Waals surface area (Å²) in [5.74, 6) is 0. The summed E-state index contributed by atoms with van der Waals surface area (Å²) in [4.78, 5) is 4.50. The molecule has 0 amide bonds. The summed E-state index contributed by atoms with van der Waals surface area (Å²) >= 11 is 1.88. The van der Waals surface area contributed by atoms with E-state index in [-0.39, 0.29) is 0 Å². The van der Waals surface area contributed by atoms with E-state index < -0.39 is 0 Å². The molecule has 2 aliphatic rings. The van der Waals surface area contributed by atoms with Gasteiger partial charge in [-0.25, -0.2) is 0 Å². The molecule has 14 heavy (non-hydrogen) atoms. The predicted octanol–water partition coefficient (Wildman–Crippen LogP) is 1.63. The summed E-state index contributed by atoms with van der Waals surface area (Å²) < 4.78 is 5.50. The van der Waals surface area contributed by atoms with Gasteiger partial charge in [0, 0.05) is 11.9 Å². The molecule has 2 heterocycles. The first-order valence-corrected chi connectivity index (χ1v) is 6.26. The van der Waals surface area contributed by atoms with E-state index in [0.717, 1.165) is 24.7 Å². The fraction of sp³-hybridized carbons (Fsp3) is 0.900. The first-order chi connectivity index (χ1) is 6.79. The van der Waals surface area contributed by atoms with Gasteiger partial charge in [0.2, 0.25) is 0 Å². The van der Waals surface area contributed by atoms with Crippen LogP contribution in [0.3, 0.4) is 0 Å². The van der Waals surface area contributed by atoms with Crippen LogP contribution in [0.15, 0.2) is 4.99 Å². The van der Waals surface area contributed by atoms with Crippen LogP contribution >= 0.6 is 11.8 Å². The van der Waals surface area contributed by atoms with E-state index in [2.05, 4.69) is 24.2 Å². The summed E-state index contributed by atoms with van der Waals surface area (Å²) in [6.45, 7) is 6.21. The van der Waals surface area contributed by atoms with E-state index in [1.807, 2.05) is 11.8 Å². The standard InChI is InChI=1S/C10H18N2OS/c1-3-8-6-11-10(14-8)12-9-4-5-13-7(9)2/h7-9H,3-6H2,1-2H3,(H,11,12). The molecule has 3 nitrogen and oxygen atoms in total. The van der Waals surface area contributed by atoms with Crippen molar-refractivity contribution in [3.8, 4) is 0 Å². The van der Waals surface area contributed by atoms with Gasteiger partial charge in [-0.1, -0.05) is 18.7 Å². The van der Waals surface area contributed by atoms with Crippen molar-refractivity contribution in [1.82, 2.24) is 5.32 Å². The molecule has 1 saturated heterocycles. The number of nitrogens with zero attached hydrogens (tertiary/aromatic N) is 1. The Hall–Kier alpha value is -0.220. The Morgan fingerprint density at radius 2 is 2.50 bits per heavy atom. The van der Waals surface area contributed by atoms with Crippen LogP contribution < -0.4 is 5.32 Å². The number of ether oxygens (including phenoxy) is 1. The minimum Gasteiger partial charge on any atom is -0.376 e. The molecular weight excluding hydrogens is 196 g/mol. The SMILES string of the molecule is CCC1CN=C(NC2CCOC2C)S1. The van der Waals surface area contributed by atoms with Gasteiger partial charge in [-0.3, -0.25) is 4.99 Å². The van der Waals surface area contributed by atoms with E-state index in [1.165, 1.54) is 6.42 Å². The lowest BCUT2D eigenvalue weighted by Crippen LogP contribution is -2.37. The second-order valence-corrected chi connectivity index (χ2v) is 5.20. The number of rotatable bonds is 2. The van der Waals surface area contributed by atoms with Gasteiger partial charge in [0.25, 0.3) is 0 Å². The van der Waals surface area contributed by atoms with Gasteiger partial charge in [-0.15, -0.1) is 0 Å². The van der Waals surface area contributed by atoms with Crippen molar-refractivity contribution in [3.05, 3.63) is 0 Å². The molecular formula is C10H18N2OS. The molecule has 0 saturated carbocycles. The zero-order valence-electron chi connectivity index (χ0n) is 8.82. The van der Waals surface area contributed by atoms with Gasteiger partial charge in [0.1, 0.15) is 0 Å². The minimum atomic E-state index is 0.332. The average molecular weight is 214 g/mol. The van der Waals surface area contributed by atoms with Gasteiger partial charge in [0.05, 0.1) is 18.7 Å². The third-order valence-electron chi connectivity index (χ3n) is 2.86. The second kappa shape index (κ2) is 4.53. The monoisotopic (exact) mass is 214 g/mol. The minimum absolute atomic E-state index is 0.332. The predicted molar refractivity (Wildman–Crippen MR) is 60.9 cm³/mol. The lowest BCUT2D eigenvalue weighted by molar-refractivity contribution is 0.116. The zero-order valence-corrected chi connectivity index (χ0v) is 9.64. The molecule has 0 aromatic rings. The van der Waals surface area contributed by atoms with Crippen molar-refractivity contribution in [2.45, 2.75) is 44.1 Å². The molecule has 3 atom stereocenters. The highest BCUT2D eigenvalue weighted by molar-refractivity contribution is 8.14. The van der Waals surface area contributed by atoms with E-state index in [0.29, 0.717) is 17.4 Å². The van der Waals surface area contributed by atoms with E-state index in [4.69, 9.17) is 4.74 Å². The normalized spacial score (nSPS) is 37.3. The first kappa shape index (κ1) is 10.3. The van der Waals surface area contributed by atoms with Crippen LogP contribution in [0.2, 0.25) is 0 Å². The van der Waals surface area contributed by atoms with Gasteiger partial charge >= 0.3 is 0 Å². The summed E-state index contributed by atoms with van der Waals surface area (Å²) in [7, 11) is 0. The van der Waals surface area contributed by atoms with Crippen molar-refractivity contribution in [1.29, 1.82) is 0 Å². The third kappa shape index (κ3) is 2.23. The first-order valence-electron chi connectivity index (χ1n) is 5.39. The van der Waals surface area contributed by atoms with Crippen molar-refractivity contribution in [3.63, 3.8) is 0 Å². The zero-order chi connectivity index (χ0) is 9.97. The van der Waals surface area contributed by atoms with Crippen molar-refractivity contribution in [2.75, 3.05) is 13.2 Å². The second-order valence-electron chi connectivity index (χ2n) is 3.91. The number of amidine groups is 1. The molecule has 0 bridgehead atoms. The molecule has 0 aromatic carbocycles. The molecule has 3 unspecified atom stereocenters. The maximum atomic E-state index is 5.50. The molecule has 1 N–H and O–H groups in total. The molecule has 2 rings (SSSR count). The highest BCUT2D eigenvalue weighted by atomic mass is 32.2.